The van der Waals surface area contributed by atoms with Gasteiger partial charge in [0, 0.05) is 12.2 Å². The minimum Gasteiger partial charge on any atom is -0.300 e. The van der Waals surface area contributed by atoms with Gasteiger partial charge in [-0.2, -0.15) is 11.8 Å². The summed E-state index contributed by atoms with van der Waals surface area (Å²) < 4.78 is 0. The van der Waals surface area contributed by atoms with Gasteiger partial charge in [-0.15, -0.1) is 0 Å². The fourth-order valence-electron chi connectivity index (χ4n) is 1.77. The summed E-state index contributed by atoms with van der Waals surface area (Å²) in [4.78, 5) is 10.8. The largest absolute Gasteiger partial charge is 0.300 e. The van der Waals surface area contributed by atoms with E-state index in [9.17, 15) is 4.79 Å². The van der Waals surface area contributed by atoms with Gasteiger partial charge in [0.2, 0.25) is 0 Å². The number of thioether (sulfide) groups is 1. The number of carbonyl (C=O) groups is 1. The standard InChI is InChI=1S/C14H20OS/c1-11-7-12(2)9-14(8-11)10-16-6-4-5-13(3)15/h7-9H,4-6,10H2,1-3H3. The Kier molecular flexibility index (Phi) is 5.61. The molecule has 16 heavy (non-hydrogen) atoms. The fraction of sp³-hybridized carbons (Fsp3) is 0.500. The number of carbonyl (C=O) groups excluding carboxylic acids is 1. The van der Waals surface area contributed by atoms with E-state index in [2.05, 4.69) is 32.0 Å². The van der Waals surface area contributed by atoms with Gasteiger partial charge in [-0.1, -0.05) is 29.3 Å². The lowest BCUT2D eigenvalue weighted by Gasteiger charge is -2.04. The van der Waals surface area contributed by atoms with E-state index in [0.717, 1.165) is 24.3 Å². The van der Waals surface area contributed by atoms with E-state index in [1.54, 1.807) is 6.92 Å². The molecule has 0 aliphatic rings. The summed E-state index contributed by atoms with van der Waals surface area (Å²) in [6.07, 6.45) is 1.73. The average molecular weight is 236 g/mol. The molecule has 1 rings (SSSR count). The Labute approximate surface area is 103 Å². The molecule has 0 N–H and O–H groups in total. The summed E-state index contributed by atoms with van der Waals surface area (Å²) in [7, 11) is 0. The lowest BCUT2D eigenvalue weighted by Crippen LogP contribution is -1.92. The second-order valence-electron chi connectivity index (χ2n) is 4.35. The summed E-state index contributed by atoms with van der Waals surface area (Å²) >= 11 is 1.91. The molecule has 0 aliphatic carbocycles. The van der Waals surface area contributed by atoms with Crippen molar-refractivity contribution < 1.29 is 4.79 Å². The van der Waals surface area contributed by atoms with Gasteiger partial charge in [-0.05, 0) is 38.5 Å². The summed E-state index contributed by atoms with van der Waals surface area (Å²) in [5.74, 6) is 2.43. The molecule has 0 spiro atoms. The molecule has 0 aromatic heterocycles. The van der Waals surface area contributed by atoms with Gasteiger partial charge >= 0.3 is 0 Å². The Balaban J connectivity index is 2.29. The van der Waals surface area contributed by atoms with Gasteiger partial charge in [0.15, 0.2) is 0 Å². The van der Waals surface area contributed by atoms with Crippen molar-refractivity contribution >= 4 is 17.5 Å². The van der Waals surface area contributed by atoms with Crippen LogP contribution in [-0.2, 0) is 10.5 Å². The van der Waals surface area contributed by atoms with Crippen molar-refractivity contribution in [3.63, 3.8) is 0 Å². The molecular weight excluding hydrogens is 216 g/mol. The van der Waals surface area contributed by atoms with Crippen LogP contribution >= 0.6 is 11.8 Å². The van der Waals surface area contributed by atoms with Crippen LogP contribution in [0.2, 0.25) is 0 Å². The van der Waals surface area contributed by atoms with Gasteiger partial charge in [0.05, 0.1) is 0 Å². The predicted octanol–water partition coefficient (Wildman–Crippen LogP) is 3.91. The Morgan fingerprint density at radius 2 is 1.81 bits per heavy atom. The molecule has 0 fully saturated rings. The van der Waals surface area contributed by atoms with Crippen molar-refractivity contribution in [3.8, 4) is 0 Å². The maximum absolute atomic E-state index is 10.8. The van der Waals surface area contributed by atoms with Crippen molar-refractivity contribution in [2.75, 3.05) is 5.75 Å². The van der Waals surface area contributed by atoms with Crippen LogP contribution in [0.3, 0.4) is 0 Å². The molecule has 0 radical (unpaired) electrons. The number of rotatable bonds is 6. The van der Waals surface area contributed by atoms with Crippen LogP contribution in [0.25, 0.3) is 0 Å². The van der Waals surface area contributed by atoms with Gasteiger partial charge in [-0.25, -0.2) is 0 Å². The van der Waals surface area contributed by atoms with Crippen molar-refractivity contribution in [1.82, 2.24) is 0 Å². The van der Waals surface area contributed by atoms with Crippen LogP contribution in [0.5, 0.6) is 0 Å². The SMILES string of the molecule is CC(=O)CCCSCc1cc(C)cc(C)c1. The number of benzene rings is 1. The molecule has 0 amide bonds. The van der Waals surface area contributed by atoms with E-state index in [0.29, 0.717) is 5.78 Å². The highest BCUT2D eigenvalue weighted by Gasteiger charge is 1.98. The molecule has 0 heterocycles. The number of hydrogen-bond acceptors (Lipinski definition) is 2. The molecule has 0 saturated heterocycles. The summed E-state index contributed by atoms with van der Waals surface area (Å²) in [5.41, 5.74) is 4.06. The first kappa shape index (κ1) is 13.3. The van der Waals surface area contributed by atoms with Crippen LogP contribution < -0.4 is 0 Å². The monoisotopic (exact) mass is 236 g/mol. The molecule has 0 bridgehead atoms. The first-order valence-corrected chi connectivity index (χ1v) is 6.88. The fourth-order valence-corrected chi connectivity index (χ4v) is 2.66. The van der Waals surface area contributed by atoms with Crippen LogP contribution in [0.4, 0.5) is 0 Å². The Morgan fingerprint density at radius 1 is 1.19 bits per heavy atom. The van der Waals surface area contributed by atoms with Gasteiger partial charge < -0.3 is 4.79 Å². The molecule has 88 valence electrons. The smallest absolute Gasteiger partial charge is 0.129 e. The third-order valence-corrected chi connectivity index (χ3v) is 3.48. The zero-order valence-corrected chi connectivity index (χ0v) is 11.2. The lowest BCUT2D eigenvalue weighted by molar-refractivity contribution is -0.117. The highest BCUT2D eigenvalue weighted by Crippen LogP contribution is 2.16. The third kappa shape index (κ3) is 5.36. The molecule has 2 heteroatoms. The van der Waals surface area contributed by atoms with E-state index >= 15 is 0 Å². The summed E-state index contributed by atoms with van der Waals surface area (Å²) in [6.45, 7) is 5.93. The minimum absolute atomic E-state index is 0.298. The van der Waals surface area contributed by atoms with E-state index in [1.807, 2.05) is 11.8 Å². The van der Waals surface area contributed by atoms with E-state index in [-0.39, 0.29) is 0 Å². The molecule has 0 atom stereocenters. The maximum atomic E-state index is 10.8. The third-order valence-electron chi connectivity index (χ3n) is 2.37. The zero-order chi connectivity index (χ0) is 12.0. The van der Waals surface area contributed by atoms with Gasteiger partial charge in [0.25, 0.3) is 0 Å². The molecule has 0 aliphatic heterocycles. The number of hydrogen-bond donors (Lipinski definition) is 0. The van der Waals surface area contributed by atoms with Crippen LogP contribution in [-0.4, -0.2) is 11.5 Å². The maximum Gasteiger partial charge on any atom is 0.129 e. The minimum atomic E-state index is 0.298. The molecule has 0 saturated carbocycles. The second kappa shape index (κ2) is 6.74. The van der Waals surface area contributed by atoms with Gasteiger partial charge in [0.1, 0.15) is 5.78 Å². The highest BCUT2D eigenvalue weighted by molar-refractivity contribution is 7.98. The normalized spacial score (nSPS) is 10.4. The molecule has 1 aromatic rings. The number of aryl methyl sites for hydroxylation is 2. The molecule has 1 nitrogen and oxygen atoms in total. The second-order valence-corrected chi connectivity index (χ2v) is 5.46. The lowest BCUT2D eigenvalue weighted by atomic mass is 10.1. The first-order valence-electron chi connectivity index (χ1n) is 5.72. The Hall–Kier alpha value is -0.760. The quantitative estimate of drug-likeness (QED) is 0.697. The van der Waals surface area contributed by atoms with Crippen LogP contribution in [0.1, 0.15) is 36.5 Å². The topological polar surface area (TPSA) is 17.1 Å². The molecular formula is C14H20OS. The van der Waals surface area contributed by atoms with Crippen molar-refractivity contribution in [1.29, 1.82) is 0 Å². The van der Waals surface area contributed by atoms with Crippen molar-refractivity contribution in [3.05, 3.63) is 34.9 Å². The number of Topliss-reactive ketones (excluding diaryl/α,β-unsaturated/α-hetero) is 1. The van der Waals surface area contributed by atoms with Crippen molar-refractivity contribution in [2.45, 2.75) is 39.4 Å². The summed E-state index contributed by atoms with van der Waals surface area (Å²) in [5, 5.41) is 0. The van der Waals surface area contributed by atoms with E-state index < -0.39 is 0 Å². The van der Waals surface area contributed by atoms with Crippen LogP contribution in [0.15, 0.2) is 18.2 Å². The molecule has 0 unspecified atom stereocenters. The van der Waals surface area contributed by atoms with E-state index in [1.165, 1.54) is 16.7 Å². The summed E-state index contributed by atoms with van der Waals surface area (Å²) in [6, 6.07) is 6.68. The average Bonchev–Trinajstić information content (AvgIpc) is 2.15. The number of ketones is 1. The van der Waals surface area contributed by atoms with Gasteiger partial charge in [-0.3, -0.25) is 0 Å². The van der Waals surface area contributed by atoms with Crippen molar-refractivity contribution in [2.24, 2.45) is 0 Å². The van der Waals surface area contributed by atoms with Crippen LogP contribution in [0, 0.1) is 13.8 Å². The van der Waals surface area contributed by atoms with E-state index in [4.69, 9.17) is 0 Å². The Bertz CT molecular complexity index is 338. The zero-order valence-electron chi connectivity index (χ0n) is 10.4. The molecule has 1 aromatic carbocycles. The Morgan fingerprint density at radius 3 is 2.38 bits per heavy atom. The first-order chi connectivity index (χ1) is 7.58. The predicted molar refractivity (Wildman–Crippen MR) is 72.0 cm³/mol. The highest BCUT2D eigenvalue weighted by atomic mass is 32.2.